The Kier molecular flexibility index (Phi) is 11.4. The average molecular weight is 463 g/mol. The molecule has 0 aliphatic carbocycles. The minimum atomic E-state index is -0.0251. The summed E-state index contributed by atoms with van der Waals surface area (Å²) in [7, 11) is 0. The van der Waals surface area contributed by atoms with E-state index in [1.54, 1.807) is 11.8 Å². The van der Waals surface area contributed by atoms with Gasteiger partial charge >= 0.3 is 0 Å². The fourth-order valence-electron chi connectivity index (χ4n) is 3.37. The molecule has 0 saturated heterocycles. The molecule has 0 radical (unpaired) electrons. The Morgan fingerprint density at radius 3 is 2.52 bits per heavy atom. The highest BCUT2D eigenvalue weighted by Crippen LogP contribution is 2.29. The summed E-state index contributed by atoms with van der Waals surface area (Å²) in [5.74, 6) is 12.8. The lowest BCUT2D eigenvalue weighted by Crippen LogP contribution is -2.36. The van der Waals surface area contributed by atoms with Crippen LogP contribution in [0.1, 0.15) is 52.5 Å². The monoisotopic (exact) mass is 462 g/mol. The number of nitrogens with one attached hydrogen (secondary N) is 1. The number of carbonyl (C=O) groups excluding carboxylic acids is 1. The third-order valence-electron chi connectivity index (χ3n) is 5.18. The number of benzene rings is 2. The molecule has 0 bridgehead atoms. The summed E-state index contributed by atoms with van der Waals surface area (Å²) < 4.78 is 0. The molecule has 33 heavy (non-hydrogen) atoms. The molecule has 2 rings (SSSR count). The number of hydrogen-bond donors (Lipinski definition) is 1. The molecule has 0 fully saturated rings. The van der Waals surface area contributed by atoms with E-state index in [9.17, 15) is 4.79 Å². The molecule has 0 aromatic heterocycles. The lowest BCUT2D eigenvalue weighted by Gasteiger charge is -2.19. The van der Waals surface area contributed by atoms with E-state index >= 15 is 0 Å². The second-order valence-corrected chi connectivity index (χ2v) is 10.4. The van der Waals surface area contributed by atoms with E-state index in [0.717, 1.165) is 24.4 Å². The van der Waals surface area contributed by atoms with Crippen molar-refractivity contribution in [2.24, 2.45) is 5.41 Å². The van der Waals surface area contributed by atoms with Crippen LogP contribution in [0.4, 0.5) is 0 Å². The summed E-state index contributed by atoms with van der Waals surface area (Å²) in [5, 5.41) is 5.54. The number of fused-ring (bicyclic) bond motifs is 1. The van der Waals surface area contributed by atoms with Crippen molar-refractivity contribution in [2.75, 3.05) is 31.9 Å². The van der Waals surface area contributed by atoms with Gasteiger partial charge in [-0.1, -0.05) is 61.9 Å². The number of thioether (sulfide) groups is 1. The van der Waals surface area contributed by atoms with Gasteiger partial charge in [-0.15, -0.1) is 11.8 Å². The quantitative estimate of drug-likeness (QED) is 0.256. The van der Waals surface area contributed by atoms with Crippen LogP contribution in [0.15, 0.2) is 41.3 Å². The van der Waals surface area contributed by atoms with Crippen LogP contribution in [0.3, 0.4) is 0 Å². The summed E-state index contributed by atoms with van der Waals surface area (Å²) in [4.78, 5) is 15.9. The largest absolute Gasteiger partial charge is 0.354 e. The van der Waals surface area contributed by atoms with Gasteiger partial charge in [0.25, 0.3) is 0 Å². The topological polar surface area (TPSA) is 32.3 Å². The van der Waals surface area contributed by atoms with Gasteiger partial charge in [0.2, 0.25) is 5.91 Å². The first-order valence-corrected chi connectivity index (χ1v) is 12.9. The Labute approximate surface area is 205 Å². The van der Waals surface area contributed by atoms with Crippen molar-refractivity contribution in [3.63, 3.8) is 0 Å². The summed E-state index contributed by atoms with van der Waals surface area (Å²) in [5.41, 5.74) is 1.23. The normalized spacial score (nSPS) is 11.0. The first-order valence-electron chi connectivity index (χ1n) is 11.9. The SMILES string of the molecule is CCCCCN(CC#CC#CC(C)(C)C)CCNC(=O)CSc1ccc(C)c2ccccc12. The molecule has 0 spiro atoms. The second-order valence-electron chi connectivity index (χ2n) is 9.35. The van der Waals surface area contributed by atoms with Gasteiger partial charge in [0, 0.05) is 23.4 Å². The van der Waals surface area contributed by atoms with Gasteiger partial charge in [-0.2, -0.15) is 0 Å². The molecule has 2 aromatic rings. The first-order chi connectivity index (χ1) is 15.8. The van der Waals surface area contributed by atoms with Gasteiger partial charge in [0.15, 0.2) is 0 Å². The number of aryl methyl sites for hydroxylation is 1. The predicted molar refractivity (Wildman–Crippen MR) is 143 cm³/mol. The molecule has 0 atom stereocenters. The zero-order chi connectivity index (χ0) is 24.1. The van der Waals surface area contributed by atoms with Crippen LogP contribution in [-0.4, -0.2) is 42.7 Å². The fourth-order valence-corrected chi connectivity index (χ4v) is 4.25. The zero-order valence-corrected chi connectivity index (χ0v) is 21.7. The van der Waals surface area contributed by atoms with E-state index in [1.165, 1.54) is 29.2 Å². The van der Waals surface area contributed by atoms with E-state index in [0.29, 0.717) is 18.8 Å². The van der Waals surface area contributed by atoms with Crippen molar-refractivity contribution in [1.82, 2.24) is 10.2 Å². The molecule has 176 valence electrons. The maximum absolute atomic E-state index is 12.5. The lowest BCUT2D eigenvalue weighted by atomic mass is 9.98. The van der Waals surface area contributed by atoms with Crippen LogP contribution in [0, 0.1) is 36.0 Å². The summed E-state index contributed by atoms with van der Waals surface area (Å²) in [6.45, 7) is 13.7. The molecule has 0 aliphatic rings. The van der Waals surface area contributed by atoms with E-state index in [1.807, 2.05) is 0 Å². The standard InChI is InChI=1S/C29H38N2OS/c1-6-7-12-20-31(21-13-8-11-18-29(3,4)5)22-19-30-28(32)23-33-27-17-16-24(2)25-14-9-10-15-26(25)27/h9-10,14-17H,6-7,12,19-23H2,1-5H3,(H,30,32). The van der Waals surface area contributed by atoms with E-state index in [4.69, 9.17) is 0 Å². The highest BCUT2D eigenvalue weighted by Gasteiger charge is 2.08. The Balaban J connectivity index is 1.83. The Bertz CT molecular complexity index is 1030. The van der Waals surface area contributed by atoms with Gasteiger partial charge in [-0.05, 0) is 74.9 Å². The predicted octanol–water partition coefficient (Wildman–Crippen LogP) is 5.90. The molecular formula is C29H38N2OS. The third kappa shape index (κ3) is 10.4. The number of rotatable bonds is 11. The van der Waals surface area contributed by atoms with E-state index in [2.05, 4.69) is 105 Å². The van der Waals surface area contributed by atoms with Gasteiger partial charge in [-0.25, -0.2) is 0 Å². The second kappa shape index (κ2) is 14.0. The van der Waals surface area contributed by atoms with Crippen molar-refractivity contribution in [3.8, 4) is 23.7 Å². The van der Waals surface area contributed by atoms with Crippen molar-refractivity contribution >= 4 is 28.4 Å². The van der Waals surface area contributed by atoms with Gasteiger partial charge in [-0.3, -0.25) is 9.69 Å². The molecule has 0 unspecified atom stereocenters. The van der Waals surface area contributed by atoms with Gasteiger partial charge in [0.1, 0.15) is 0 Å². The van der Waals surface area contributed by atoms with Gasteiger partial charge in [0.05, 0.1) is 12.3 Å². The Hall–Kier alpha value is -2.40. The highest BCUT2D eigenvalue weighted by atomic mass is 32.2. The summed E-state index contributed by atoms with van der Waals surface area (Å²) >= 11 is 1.60. The average Bonchev–Trinajstić information content (AvgIpc) is 2.77. The number of hydrogen-bond acceptors (Lipinski definition) is 3. The molecule has 4 heteroatoms. The molecule has 0 saturated carbocycles. The van der Waals surface area contributed by atoms with E-state index < -0.39 is 0 Å². The molecular weight excluding hydrogens is 424 g/mol. The van der Waals surface area contributed by atoms with Crippen molar-refractivity contribution in [1.29, 1.82) is 0 Å². The number of nitrogens with zero attached hydrogens (tertiary/aromatic N) is 1. The summed E-state index contributed by atoms with van der Waals surface area (Å²) in [6.07, 6.45) is 3.55. The lowest BCUT2D eigenvalue weighted by molar-refractivity contribution is -0.118. The van der Waals surface area contributed by atoms with Gasteiger partial charge < -0.3 is 5.32 Å². The number of unbranched alkanes of at least 4 members (excludes halogenated alkanes) is 2. The molecule has 2 aromatic carbocycles. The van der Waals surface area contributed by atoms with Crippen LogP contribution in [-0.2, 0) is 4.79 Å². The third-order valence-corrected chi connectivity index (χ3v) is 6.25. The van der Waals surface area contributed by atoms with E-state index in [-0.39, 0.29) is 11.3 Å². The molecule has 3 nitrogen and oxygen atoms in total. The van der Waals surface area contributed by atoms with Crippen LogP contribution in [0.5, 0.6) is 0 Å². The van der Waals surface area contributed by atoms with Crippen LogP contribution >= 0.6 is 11.8 Å². The highest BCUT2D eigenvalue weighted by molar-refractivity contribution is 8.00. The van der Waals surface area contributed by atoms with Crippen molar-refractivity contribution < 1.29 is 4.79 Å². The maximum atomic E-state index is 12.5. The number of amides is 1. The zero-order valence-electron chi connectivity index (χ0n) is 20.9. The van der Waals surface area contributed by atoms with Crippen LogP contribution in [0.2, 0.25) is 0 Å². The van der Waals surface area contributed by atoms with Crippen molar-refractivity contribution in [2.45, 2.75) is 58.8 Å². The smallest absolute Gasteiger partial charge is 0.230 e. The maximum Gasteiger partial charge on any atom is 0.230 e. The minimum absolute atomic E-state index is 0.0251. The van der Waals surface area contributed by atoms with Crippen molar-refractivity contribution in [3.05, 3.63) is 42.0 Å². The minimum Gasteiger partial charge on any atom is -0.354 e. The molecule has 0 heterocycles. The van der Waals surface area contributed by atoms with Crippen LogP contribution < -0.4 is 5.32 Å². The molecule has 1 amide bonds. The molecule has 1 N–H and O–H groups in total. The van der Waals surface area contributed by atoms with Crippen LogP contribution in [0.25, 0.3) is 10.8 Å². The Morgan fingerprint density at radius 2 is 1.79 bits per heavy atom. The summed E-state index contributed by atoms with van der Waals surface area (Å²) in [6, 6.07) is 12.6. The molecule has 0 aliphatic heterocycles. The first kappa shape index (κ1) is 26.8. The fraction of sp³-hybridized carbons (Fsp3) is 0.483. The Morgan fingerprint density at radius 1 is 1.03 bits per heavy atom. The number of carbonyl (C=O) groups is 1.